The molecule has 1 unspecified atom stereocenters. The molecule has 1 heterocycles. The fraction of sp³-hybridized carbons (Fsp3) is 0.520. The van der Waals surface area contributed by atoms with Gasteiger partial charge in [-0.3, -0.25) is 4.79 Å². The largest absolute Gasteiger partial charge is 0.381 e. The lowest BCUT2D eigenvalue weighted by atomic mass is 9.89. The van der Waals surface area contributed by atoms with E-state index in [-0.39, 0.29) is 0 Å². The Morgan fingerprint density at radius 3 is 2.43 bits per heavy atom. The second-order valence-electron chi connectivity index (χ2n) is 7.93. The highest BCUT2D eigenvalue weighted by molar-refractivity contribution is 6.04. The van der Waals surface area contributed by atoms with Gasteiger partial charge >= 0.3 is 0 Å². The molecule has 0 saturated carbocycles. The molecule has 5 nitrogen and oxygen atoms in total. The maximum Gasteiger partial charge on any atom is 0.168 e. The number of unbranched alkanes of at least 4 members (excludes halogenated alkanes) is 3. The standard InChI is InChI=1S/C25H38N4O/c1-5-8-9-10-12-20(7-3)22-17-29(21-15-13-19(11-6-2)14-16-21)24(23(22)18-30)25(26)28-27-4/h13-18,20,27H,5-12H2,1-4H3,(H2,26,28). The quantitative estimate of drug-likeness (QED) is 0.150. The van der Waals surface area contributed by atoms with Gasteiger partial charge in [-0.2, -0.15) is 5.10 Å². The number of amidine groups is 1. The molecule has 0 aliphatic rings. The van der Waals surface area contributed by atoms with Crippen LogP contribution >= 0.6 is 0 Å². The van der Waals surface area contributed by atoms with Crippen molar-refractivity contribution in [1.29, 1.82) is 0 Å². The first-order chi connectivity index (χ1) is 14.6. The van der Waals surface area contributed by atoms with Crippen molar-refractivity contribution in [2.45, 2.75) is 78.1 Å². The van der Waals surface area contributed by atoms with E-state index in [1.165, 1.54) is 31.2 Å². The van der Waals surface area contributed by atoms with Crippen molar-refractivity contribution in [3.8, 4) is 5.69 Å². The van der Waals surface area contributed by atoms with E-state index in [2.05, 4.69) is 61.8 Å². The molecule has 0 fully saturated rings. The molecule has 1 atom stereocenters. The van der Waals surface area contributed by atoms with E-state index in [4.69, 9.17) is 5.73 Å². The number of nitrogens with zero attached hydrogens (tertiary/aromatic N) is 2. The van der Waals surface area contributed by atoms with Crippen LogP contribution in [0.3, 0.4) is 0 Å². The maximum absolute atomic E-state index is 12.2. The summed E-state index contributed by atoms with van der Waals surface area (Å²) < 4.78 is 2.03. The molecule has 1 aromatic heterocycles. The van der Waals surface area contributed by atoms with Crippen molar-refractivity contribution in [3.63, 3.8) is 0 Å². The molecule has 0 radical (unpaired) electrons. The fourth-order valence-electron chi connectivity index (χ4n) is 4.14. The molecule has 0 aliphatic heterocycles. The van der Waals surface area contributed by atoms with Gasteiger partial charge in [0.2, 0.25) is 0 Å². The number of hydrogen-bond acceptors (Lipinski definition) is 3. The molecule has 0 bridgehead atoms. The predicted octanol–water partition coefficient (Wildman–Crippen LogP) is 5.55. The van der Waals surface area contributed by atoms with Crippen LogP contribution in [-0.2, 0) is 6.42 Å². The molecular formula is C25H38N4O. The molecule has 0 saturated heterocycles. The lowest BCUT2D eigenvalue weighted by molar-refractivity contribution is 0.112. The van der Waals surface area contributed by atoms with Gasteiger partial charge in [0.05, 0.1) is 0 Å². The van der Waals surface area contributed by atoms with Crippen molar-refractivity contribution in [3.05, 3.63) is 52.8 Å². The topological polar surface area (TPSA) is 72.4 Å². The van der Waals surface area contributed by atoms with Crippen LogP contribution in [0.2, 0.25) is 0 Å². The SMILES string of the molecule is CCCCCCC(CC)c1cn(-c2ccc(CCC)cc2)c(/C(N)=N\NC)c1C=O. The summed E-state index contributed by atoms with van der Waals surface area (Å²) in [6, 6.07) is 8.50. The number of rotatable bonds is 13. The van der Waals surface area contributed by atoms with E-state index in [1.54, 1.807) is 7.05 Å². The summed E-state index contributed by atoms with van der Waals surface area (Å²) in [4.78, 5) is 12.2. The number of hydrazone groups is 1. The second-order valence-corrected chi connectivity index (χ2v) is 7.93. The van der Waals surface area contributed by atoms with Gasteiger partial charge in [0, 0.05) is 24.5 Å². The van der Waals surface area contributed by atoms with E-state index in [0.717, 1.165) is 43.2 Å². The van der Waals surface area contributed by atoms with Crippen LogP contribution in [0.4, 0.5) is 0 Å². The molecular weight excluding hydrogens is 372 g/mol. The fourth-order valence-corrected chi connectivity index (χ4v) is 4.14. The molecule has 164 valence electrons. The smallest absolute Gasteiger partial charge is 0.168 e. The van der Waals surface area contributed by atoms with E-state index in [1.807, 2.05) is 4.57 Å². The van der Waals surface area contributed by atoms with Crippen LogP contribution in [-0.4, -0.2) is 23.7 Å². The molecule has 30 heavy (non-hydrogen) atoms. The summed E-state index contributed by atoms with van der Waals surface area (Å²) in [6.45, 7) is 6.60. The third-order valence-electron chi connectivity index (χ3n) is 5.76. The van der Waals surface area contributed by atoms with Gasteiger partial charge in [0.25, 0.3) is 0 Å². The summed E-state index contributed by atoms with van der Waals surface area (Å²) in [5.74, 6) is 0.660. The molecule has 2 aromatic rings. The van der Waals surface area contributed by atoms with Gasteiger partial charge in [-0.1, -0.05) is 65.0 Å². The molecule has 5 heteroatoms. The van der Waals surface area contributed by atoms with Crippen molar-refractivity contribution in [2.24, 2.45) is 10.8 Å². The Labute approximate surface area is 181 Å². The Morgan fingerprint density at radius 1 is 1.13 bits per heavy atom. The highest BCUT2D eigenvalue weighted by Gasteiger charge is 2.24. The third kappa shape index (κ3) is 5.74. The van der Waals surface area contributed by atoms with Crippen LogP contribution in [0.25, 0.3) is 5.69 Å². The molecule has 0 aliphatic carbocycles. The highest BCUT2D eigenvalue weighted by atomic mass is 16.1. The summed E-state index contributed by atoms with van der Waals surface area (Å²) in [6.07, 6.45) is 12.2. The Bertz CT molecular complexity index is 820. The van der Waals surface area contributed by atoms with Crippen LogP contribution in [0, 0.1) is 0 Å². The highest BCUT2D eigenvalue weighted by Crippen LogP contribution is 2.32. The monoisotopic (exact) mass is 410 g/mol. The zero-order valence-corrected chi connectivity index (χ0v) is 19.1. The van der Waals surface area contributed by atoms with Crippen molar-refractivity contribution in [2.75, 3.05) is 7.05 Å². The predicted molar refractivity (Wildman–Crippen MR) is 127 cm³/mol. The molecule has 0 amide bonds. The number of carbonyl (C=O) groups is 1. The van der Waals surface area contributed by atoms with Crippen molar-refractivity contribution < 1.29 is 4.79 Å². The normalized spacial score (nSPS) is 12.7. The lowest BCUT2D eigenvalue weighted by Crippen LogP contribution is -2.22. The Hall–Kier alpha value is -2.56. The van der Waals surface area contributed by atoms with Crippen LogP contribution in [0.15, 0.2) is 35.6 Å². The second kappa shape index (κ2) is 12.2. The van der Waals surface area contributed by atoms with Crippen molar-refractivity contribution >= 4 is 12.1 Å². The lowest BCUT2D eigenvalue weighted by Gasteiger charge is -2.14. The number of aryl methyl sites for hydroxylation is 1. The molecule has 1 aromatic carbocycles. The number of nitrogens with one attached hydrogen (secondary N) is 1. The van der Waals surface area contributed by atoms with Gasteiger partial charge in [-0.05, 0) is 48.4 Å². The minimum atomic E-state index is 0.323. The summed E-state index contributed by atoms with van der Waals surface area (Å²) in [7, 11) is 1.71. The van der Waals surface area contributed by atoms with Gasteiger partial charge in [-0.15, -0.1) is 0 Å². The Morgan fingerprint density at radius 2 is 1.87 bits per heavy atom. The number of carbonyl (C=O) groups excluding carboxylic acids is 1. The molecule has 2 rings (SSSR count). The zero-order chi connectivity index (χ0) is 21.9. The first-order valence-corrected chi connectivity index (χ1v) is 11.4. The first-order valence-electron chi connectivity index (χ1n) is 11.4. The first kappa shape index (κ1) is 23.7. The number of nitrogens with two attached hydrogens (primary N) is 1. The van der Waals surface area contributed by atoms with Gasteiger partial charge in [0.1, 0.15) is 5.69 Å². The minimum absolute atomic E-state index is 0.323. The van der Waals surface area contributed by atoms with Crippen LogP contribution in [0.1, 0.15) is 98.8 Å². The Balaban J connectivity index is 2.51. The summed E-state index contributed by atoms with van der Waals surface area (Å²) in [5.41, 5.74) is 13.8. The number of aromatic nitrogens is 1. The average Bonchev–Trinajstić information content (AvgIpc) is 3.14. The van der Waals surface area contributed by atoms with E-state index >= 15 is 0 Å². The van der Waals surface area contributed by atoms with Crippen molar-refractivity contribution in [1.82, 2.24) is 9.99 Å². The number of benzene rings is 1. The van der Waals surface area contributed by atoms with E-state index in [0.29, 0.717) is 23.0 Å². The van der Waals surface area contributed by atoms with Crippen LogP contribution < -0.4 is 11.2 Å². The molecule has 3 N–H and O–H groups in total. The summed E-state index contributed by atoms with van der Waals surface area (Å²) >= 11 is 0. The van der Waals surface area contributed by atoms with E-state index in [9.17, 15) is 4.79 Å². The van der Waals surface area contributed by atoms with Gasteiger partial charge in [0.15, 0.2) is 12.1 Å². The van der Waals surface area contributed by atoms with Gasteiger partial charge < -0.3 is 15.7 Å². The van der Waals surface area contributed by atoms with E-state index < -0.39 is 0 Å². The van der Waals surface area contributed by atoms with Crippen LogP contribution in [0.5, 0.6) is 0 Å². The Kier molecular flexibility index (Phi) is 9.65. The average molecular weight is 411 g/mol. The van der Waals surface area contributed by atoms with Gasteiger partial charge in [-0.25, -0.2) is 0 Å². The summed E-state index contributed by atoms with van der Waals surface area (Å²) in [5, 5.41) is 4.19. The number of hydrogen-bond donors (Lipinski definition) is 2. The zero-order valence-electron chi connectivity index (χ0n) is 19.1. The third-order valence-corrected chi connectivity index (χ3v) is 5.76. The minimum Gasteiger partial charge on any atom is -0.381 e. The molecule has 0 spiro atoms. The maximum atomic E-state index is 12.2. The number of aldehydes is 1.